The first-order valence-electron chi connectivity index (χ1n) is 6.99. The number of rotatable bonds is 7. The Morgan fingerprint density at radius 3 is 2.57 bits per heavy atom. The number of carbonyl (C=O) groups is 2. The van der Waals surface area contributed by atoms with Crippen molar-refractivity contribution < 1.29 is 27.9 Å². The van der Waals surface area contributed by atoms with E-state index >= 15 is 0 Å². The second kappa shape index (κ2) is 6.45. The highest BCUT2D eigenvalue weighted by Crippen LogP contribution is 2.39. The number of methoxy groups -OCH3 is 1. The van der Waals surface area contributed by atoms with Gasteiger partial charge in [-0.15, -0.1) is 0 Å². The molecule has 2 atom stereocenters. The van der Waals surface area contributed by atoms with E-state index in [-0.39, 0.29) is 23.1 Å². The van der Waals surface area contributed by atoms with E-state index in [0.717, 1.165) is 0 Å². The van der Waals surface area contributed by atoms with Crippen molar-refractivity contribution >= 4 is 33.3 Å². The van der Waals surface area contributed by atoms with Gasteiger partial charge in [0.25, 0.3) is 0 Å². The third-order valence-electron chi connectivity index (χ3n) is 3.56. The van der Waals surface area contributed by atoms with Gasteiger partial charge in [0, 0.05) is 11.8 Å². The zero-order valence-corrected chi connectivity index (χ0v) is 13.5. The second-order valence-corrected chi connectivity index (χ2v) is 7.21. The van der Waals surface area contributed by atoms with Crippen LogP contribution < -0.4 is 14.8 Å². The predicted molar refractivity (Wildman–Crippen MR) is 83.9 cm³/mol. The zero-order valence-electron chi connectivity index (χ0n) is 12.7. The molecule has 3 N–H and O–H groups in total. The quantitative estimate of drug-likeness (QED) is 0.682. The second-order valence-electron chi connectivity index (χ2n) is 5.20. The molecule has 1 aliphatic rings. The Bertz CT molecular complexity index is 731. The van der Waals surface area contributed by atoms with Gasteiger partial charge < -0.3 is 15.2 Å². The van der Waals surface area contributed by atoms with Crippen molar-refractivity contribution in [2.24, 2.45) is 11.8 Å². The molecule has 23 heavy (non-hydrogen) atoms. The third kappa shape index (κ3) is 4.13. The number of ether oxygens (including phenoxy) is 1. The van der Waals surface area contributed by atoms with Gasteiger partial charge >= 0.3 is 5.97 Å². The van der Waals surface area contributed by atoms with Gasteiger partial charge in [-0.1, -0.05) is 0 Å². The van der Waals surface area contributed by atoms with Crippen LogP contribution in [0.15, 0.2) is 18.2 Å². The summed E-state index contributed by atoms with van der Waals surface area (Å²) in [6, 6.07) is 4.47. The van der Waals surface area contributed by atoms with Crippen LogP contribution in [-0.2, 0) is 19.6 Å². The van der Waals surface area contributed by atoms with Crippen molar-refractivity contribution in [3.8, 4) is 5.75 Å². The molecule has 1 aliphatic carbocycles. The Morgan fingerprint density at radius 1 is 1.35 bits per heavy atom. The minimum absolute atomic E-state index is 0.0765. The highest BCUT2D eigenvalue weighted by atomic mass is 32.2. The smallest absolute Gasteiger partial charge is 0.307 e. The fourth-order valence-electron chi connectivity index (χ4n) is 2.09. The summed E-state index contributed by atoms with van der Waals surface area (Å²) in [5.74, 6) is -2.34. The molecule has 1 saturated carbocycles. The number of carboxylic acids is 1. The van der Waals surface area contributed by atoms with Crippen LogP contribution in [0.4, 0.5) is 11.4 Å². The Hall–Kier alpha value is -2.29. The molecule has 0 aliphatic heterocycles. The summed E-state index contributed by atoms with van der Waals surface area (Å²) < 4.78 is 30.7. The van der Waals surface area contributed by atoms with Crippen LogP contribution in [0.1, 0.15) is 13.3 Å². The van der Waals surface area contributed by atoms with Crippen molar-refractivity contribution in [2.45, 2.75) is 13.3 Å². The fourth-order valence-corrected chi connectivity index (χ4v) is 2.73. The lowest BCUT2D eigenvalue weighted by Gasteiger charge is -2.13. The summed E-state index contributed by atoms with van der Waals surface area (Å²) in [4.78, 5) is 22.7. The molecule has 0 aromatic heterocycles. The van der Waals surface area contributed by atoms with Gasteiger partial charge in [0.2, 0.25) is 15.9 Å². The molecule has 0 radical (unpaired) electrons. The molecule has 1 amide bonds. The van der Waals surface area contributed by atoms with Crippen LogP contribution in [0.2, 0.25) is 0 Å². The average Bonchev–Trinajstić information content (AvgIpc) is 3.29. The van der Waals surface area contributed by atoms with E-state index in [1.54, 1.807) is 0 Å². The largest absolute Gasteiger partial charge is 0.494 e. The molecule has 1 fully saturated rings. The van der Waals surface area contributed by atoms with Crippen molar-refractivity contribution in [3.63, 3.8) is 0 Å². The Balaban J connectivity index is 2.10. The molecule has 2 rings (SSSR count). The van der Waals surface area contributed by atoms with Gasteiger partial charge in [-0.05, 0) is 25.5 Å². The van der Waals surface area contributed by atoms with Crippen LogP contribution in [0.3, 0.4) is 0 Å². The monoisotopic (exact) mass is 342 g/mol. The number of sulfonamides is 1. The highest BCUT2D eigenvalue weighted by Gasteiger charge is 2.48. The van der Waals surface area contributed by atoms with E-state index in [4.69, 9.17) is 9.84 Å². The molecule has 2 unspecified atom stereocenters. The Labute approximate surface area is 133 Å². The number of hydrogen-bond donors (Lipinski definition) is 3. The van der Waals surface area contributed by atoms with Crippen LogP contribution >= 0.6 is 0 Å². The Morgan fingerprint density at radius 2 is 2.04 bits per heavy atom. The molecular weight excluding hydrogens is 324 g/mol. The van der Waals surface area contributed by atoms with E-state index in [9.17, 15) is 18.0 Å². The maximum atomic E-state index is 11.9. The van der Waals surface area contributed by atoms with E-state index in [0.29, 0.717) is 12.1 Å². The number of hydrogen-bond acceptors (Lipinski definition) is 5. The minimum atomic E-state index is -3.44. The van der Waals surface area contributed by atoms with Crippen LogP contribution in [0, 0.1) is 11.8 Å². The maximum Gasteiger partial charge on any atom is 0.307 e. The highest BCUT2D eigenvalue weighted by molar-refractivity contribution is 7.92. The van der Waals surface area contributed by atoms with Gasteiger partial charge in [0.1, 0.15) is 5.75 Å². The average molecular weight is 342 g/mol. The van der Waals surface area contributed by atoms with Crippen LogP contribution in [0.5, 0.6) is 5.75 Å². The van der Waals surface area contributed by atoms with Gasteiger partial charge in [-0.2, -0.15) is 0 Å². The summed E-state index contributed by atoms with van der Waals surface area (Å²) in [5, 5.41) is 11.4. The number of amides is 1. The van der Waals surface area contributed by atoms with E-state index in [2.05, 4.69) is 10.0 Å². The molecule has 0 saturated heterocycles. The number of carbonyl (C=O) groups excluding carboxylic acids is 1. The first-order valence-corrected chi connectivity index (χ1v) is 8.64. The minimum Gasteiger partial charge on any atom is -0.494 e. The molecule has 0 bridgehead atoms. The lowest BCUT2D eigenvalue weighted by atomic mass is 10.2. The van der Waals surface area contributed by atoms with E-state index in [1.165, 1.54) is 32.2 Å². The van der Waals surface area contributed by atoms with Crippen molar-refractivity contribution in [2.75, 3.05) is 22.9 Å². The van der Waals surface area contributed by atoms with E-state index < -0.39 is 27.8 Å². The maximum absolute atomic E-state index is 11.9. The zero-order chi connectivity index (χ0) is 17.2. The number of benzene rings is 1. The lowest BCUT2D eigenvalue weighted by Crippen LogP contribution is -2.17. The first kappa shape index (κ1) is 17.1. The fraction of sp³-hybridized carbons (Fsp3) is 0.429. The number of nitrogens with one attached hydrogen (secondary N) is 2. The van der Waals surface area contributed by atoms with E-state index in [1.807, 2.05) is 0 Å². The molecule has 9 heteroatoms. The van der Waals surface area contributed by atoms with Crippen molar-refractivity contribution in [1.82, 2.24) is 0 Å². The first-order chi connectivity index (χ1) is 10.8. The summed E-state index contributed by atoms with van der Waals surface area (Å²) >= 11 is 0. The van der Waals surface area contributed by atoms with Crippen LogP contribution in [-0.4, -0.2) is 38.3 Å². The number of aliphatic carboxylic acids is 1. The summed E-state index contributed by atoms with van der Waals surface area (Å²) in [5.41, 5.74) is 0.671. The van der Waals surface area contributed by atoms with Gasteiger partial charge in [0.05, 0.1) is 30.4 Å². The summed E-state index contributed by atoms with van der Waals surface area (Å²) in [7, 11) is -2.06. The predicted octanol–water partition coefficient (Wildman–Crippen LogP) is 1.12. The molecule has 8 nitrogen and oxygen atoms in total. The lowest BCUT2D eigenvalue weighted by molar-refractivity contribution is -0.139. The van der Waals surface area contributed by atoms with Gasteiger partial charge in [-0.3, -0.25) is 14.3 Å². The van der Waals surface area contributed by atoms with Gasteiger partial charge in [-0.25, -0.2) is 8.42 Å². The number of carboxylic acid groups (broad SMARTS) is 1. The molecule has 1 aromatic rings. The van der Waals surface area contributed by atoms with Gasteiger partial charge in [0.15, 0.2) is 0 Å². The van der Waals surface area contributed by atoms with Crippen molar-refractivity contribution in [3.05, 3.63) is 18.2 Å². The standard InChI is InChI=1S/C14H18N2O6S/c1-3-23(20,21)16-11-5-4-8(6-12(11)22-2)15-13(17)9-7-10(9)14(18)19/h4-6,9-10,16H,3,7H2,1-2H3,(H,15,17)(H,18,19). The van der Waals surface area contributed by atoms with Crippen LogP contribution in [0.25, 0.3) is 0 Å². The Kier molecular flexibility index (Phi) is 4.79. The topological polar surface area (TPSA) is 122 Å². The molecular formula is C14H18N2O6S. The summed E-state index contributed by atoms with van der Waals surface area (Å²) in [6.45, 7) is 1.51. The third-order valence-corrected chi connectivity index (χ3v) is 4.85. The molecule has 0 spiro atoms. The SMILES string of the molecule is CCS(=O)(=O)Nc1ccc(NC(=O)C2CC2C(=O)O)cc1OC. The van der Waals surface area contributed by atoms with Crippen molar-refractivity contribution in [1.29, 1.82) is 0 Å². The normalized spacial score (nSPS) is 19.7. The summed E-state index contributed by atoms with van der Waals surface area (Å²) in [6.07, 6.45) is 0.326. The molecule has 1 aromatic carbocycles. The number of anilines is 2. The molecule has 0 heterocycles. The molecule has 126 valence electrons.